The van der Waals surface area contributed by atoms with Crippen molar-refractivity contribution in [1.82, 2.24) is 20.1 Å². The normalized spacial score (nSPS) is 20.1. The topological polar surface area (TPSA) is 128 Å². The van der Waals surface area contributed by atoms with Crippen molar-refractivity contribution in [3.8, 4) is 11.3 Å². The number of hydrogen-bond acceptors (Lipinski definition) is 7. The summed E-state index contributed by atoms with van der Waals surface area (Å²) in [5, 5.41) is 22.9. The van der Waals surface area contributed by atoms with Crippen LogP contribution in [0.3, 0.4) is 0 Å². The molecule has 3 aromatic rings. The maximum Gasteiger partial charge on any atom is 0.335 e. The van der Waals surface area contributed by atoms with E-state index in [1.165, 1.54) is 12.1 Å². The van der Waals surface area contributed by atoms with Gasteiger partial charge in [-0.05, 0) is 54.7 Å². The molecule has 2 fully saturated rings. The van der Waals surface area contributed by atoms with Crippen molar-refractivity contribution >= 4 is 29.3 Å². The molecule has 3 N–H and O–H groups in total. The zero-order valence-electron chi connectivity index (χ0n) is 19.9. The first-order valence-corrected chi connectivity index (χ1v) is 12.3. The minimum atomic E-state index is -1.22. The van der Waals surface area contributed by atoms with Crippen molar-refractivity contribution < 1.29 is 29.0 Å². The number of carboxylic acids is 2. The smallest absolute Gasteiger partial charge is 0.335 e. The van der Waals surface area contributed by atoms with Crippen LogP contribution in [0.4, 0.5) is 0 Å². The first kappa shape index (κ1) is 24.9. The number of nitrogens with one attached hydrogen (secondary N) is 1. The molecule has 0 spiro atoms. The van der Waals surface area contributed by atoms with Crippen molar-refractivity contribution in [3.63, 3.8) is 0 Å². The molecule has 37 heavy (non-hydrogen) atoms. The minimum Gasteiger partial charge on any atom is -0.478 e. The quantitative estimate of drug-likeness (QED) is 0.378. The van der Waals surface area contributed by atoms with Gasteiger partial charge < -0.3 is 29.6 Å². The molecule has 11 heteroatoms. The Morgan fingerprint density at radius 2 is 1.76 bits per heavy atom. The summed E-state index contributed by atoms with van der Waals surface area (Å²) in [5.74, 6) is -1.46. The number of aromatic nitrogens is 1. The minimum absolute atomic E-state index is 0.130. The lowest BCUT2D eigenvalue weighted by Crippen LogP contribution is -2.42. The Kier molecular flexibility index (Phi) is 7.17. The van der Waals surface area contributed by atoms with Gasteiger partial charge in [-0.1, -0.05) is 6.07 Å². The number of nitrogens with zero attached hydrogens (tertiary/aromatic N) is 3. The number of carbonyl (C=O) groups is 2. The van der Waals surface area contributed by atoms with Crippen LogP contribution in [0.2, 0.25) is 0 Å². The molecule has 2 saturated heterocycles. The number of carboxylic acid groups (broad SMARTS) is 2. The third-order valence-corrected chi connectivity index (χ3v) is 6.94. The van der Waals surface area contributed by atoms with E-state index < -0.39 is 11.9 Å². The Hall–Kier alpha value is -3.80. The molecule has 2 atom stereocenters. The van der Waals surface area contributed by atoms with Gasteiger partial charge in [0.05, 0.1) is 36.1 Å². The lowest BCUT2D eigenvalue weighted by Gasteiger charge is -2.31. The van der Waals surface area contributed by atoms with Crippen molar-refractivity contribution in [2.45, 2.75) is 12.1 Å². The maximum absolute atomic E-state index is 11.6. The zero-order chi connectivity index (χ0) is 25.9. The van der Waals surface area contributed by atoms with Crippen molar-refractivity contribution in [2.24, 2.45) is 0 Å². The average Bonchev–Trinajstić information content (AvgIpc) is 3.53. The highest BCUT2D eigenvalue weighted by Crippen LogP contribution is 2.40. The molecule has 1 aromatic carbocycles. The van der Waals surface area contributed by atoms with E-state index in [0.29, 0.717) is 42.0 Å². The molecule has 2 aromatic heterocycles. The van der Waals surface area contributed by atoms with E-state index in [9.17, 15) is 19.8 Å². The van der Waals surface area contributed by atoms with Crippen LogP contribution in [0.1, 0.15) is 44.3 Å². The molecule has 0 aliphatic carbocycles. The first-order chi connectivity index (χ1) is 17.9. The van der Waals surface area contributed by atoms with Crippen molar-refractivity contribution in [2.75, 3.05) is 39.4 Å². The number of thiocarbonyl (C=S) groups is 1. The highest BCUT2D eigenvalue weighted by molar-refractivity contribution is 7.80. The van der Waals surface area contributed by atoms with Gasteiger partial charge in [0.2, 0.25) is 0 Å². The Bertz CT molecular complexity index is 1280. The molecule has 0 bridgehead atoms. The summed E-state index contributed by atoms with van der Waals surface area (Å²) in [6, 6.07) is 12.6. The van der Waals surface area contributed by atoms with Crippen LogP contribution < -0.4 is 5.32 Å². The van der Waals surface area contributed by atoms with Gasteiger partial charge in [0.1, 0.15) is 17.6 Å². The average molecular weight is 523 g/mol. The zero-order valence-corrected chi connectivity index (χ0v) is 20.7. The van der Waals surface area contributed by atoms with E-state index >= 15 is 0 Å². The SMILES string of the molecule is O=C(O)c1cc(C(=O)O)cc(-c2ccc([C@H]3[C@H](c4ccccn4)NC(=S)N3CCN3CCOCC3)o2)c1. The van der Waals surface area contributed by atoms with Gasteiger partial charge >= 0.3 is 11.9 Å². The Morgan fingerprint density at radius 3 is 2.41 bits per heavy atom. The second kappa shape index (κ2) is 10.7. The highest BCUT2D eigenvalue weighted by atomic mass is 32.1. The van der Waals surface area contributed by atoms with Gasteiger partial charge in [-0.25, -0.2) is 9.59 Å². The van der Waals surface area contributed by atoms with E-state index in [2.05, 4.69) is 20.1 Å². The fourth-order valence-corrected chi connectivity index (χ4v) is 5.04. The van der Waals surface area contributed by atoms with Crippen LogP contribution in [0.25, 0.3) is 11.3 Å². The number of benzene rings is 1. The lowest BCUT2D eigenvalue weighted by atomic mass is 10.0. The van der Waals surface area contributed by atoms with Crippen LogP contribution >= 0.6 is 12.2 Å². The van der Waals surface area contributed by atoms with Gasteiger partial charge in [0, 0.05) is 37.9 Å². The van der Waals surface area contributed by atoms with E-state index in [1.54, 1.807) is 12.3 Å². The predicted octanol–water partition coefficient (Wildman–Crippen LogP) is 3.04. The van der Waals surface area contributed by atoms with Crippen molar-refractivity contribution in [3.05, 3.63) is 77.3 Å². The summed E-state index contributed by atoms with van der Waals surface area (Å²) in [6.45, 7) is 4.59. The number of ether oxygens (including phenoxy) is 1. The Labute approximate surface area is 218 Å². The summed E-state index contributed by atoms with van der Waals surface area (Å²) in [6.07, 6.45) is 1.73. The summed E-state index contributed by atoms with van der Waals surface area (Å²) in [7, 11) is 0. The Balaban J connectivity index is 1.48. The second-order valence-corrected chi connectivity index (χ2v) is 9.27. The number of furan rings is 1. The maximum atomic E-state index is 11.6. The number of pyridine rings is 1. The standard InChI is InChI=1S/C26H26N4O6S/c31-24(32)17-13-16(14-18(15-17)25(33)34)20-4-5-21(36-20)23-22(19-3-1-2-6-27-19)28-26(37)30(23)8-7-29-9-11-35-12-10-29/h1-6,13-15,22-23H,7-12H2,(H,28,37)(H,31,32)(H,33,34)/t22-,23-/m0/s1. The number of aromatic carboxylic acids is 2. The van der Waals surface area contributed by atoms with E-state index in [0.717, 1.165) is 31.4 Å². The third-order valence-electron chi connectivity index (χ3n) is 6.59. The van der Waals surface area contributed by atoms with E-state index in [1.807, 2.05) is 24.3 Å². The molecule has 0 amide bonds. The monoisotopic (exact) mass is 522 g/mol. The number of rotatable bonds is 8. The molecule has 10 nitrogen and oxygen atoms in total. The summed E-state index contributed by atoms with van der Waals surface area (Å²) >= 11 is 5.72. The number of hydrogen-bond donors (Lipinski definition) is 3. The van der Waals surface area contributed by atoms with E-state index in [-0.39, 0.29) is 23.2 Å². The highest BCUT2D eigenvalue weighted by Gasteiger charge is 2.41. The molecule has 2 aliphatic rings. The molecule has 2 aliphatic heterocycles. The molecule has 0 radical (unpaired) electrons. The van der Waals surface area contributed by atoms with Crippen LogP contribution in [-0.4, -0.2) is 81.4 Å². The molecule has 0 unspecified atom stereocenters. The second-order valence-electron chi connectivity index (χ2n) is 8.89. The van der Waals surface area contributed by atoms with Crippen LogP contribution in [-0.2, 0) is 4.74 Å². The fourth-order valence-electron chi connectivity index (χ4n) is 4.71. The predicted molar refractivity (Wildman–Crippen MR) is 137 cm³/mol. The van der Waals surface area contributed by atoms with Gasteiger partial charge in [-0.15, -0.1) is 0 Å². The lowest BCUT2D eigenvalue weighted by molar-refractivity contribution is 0.0347. The van der Waals surface area contributed by atoms with Crippen LogP contribution in [0, 0.1) is 0 Å². The first-order valence-electron chi connectivity index (χ1n) is 11.9. The molecule has 4 heterocycles. The molecule has 0 saturated carbocycles. The van der Waals surface area contributed by atoms with E-state index in [4.69, 9.17) is 21.4 Å². The Morgan fingerprint density at radius 1 is 1.03 bits per heavy atom. The summed E-state index contributed by atoms with van der Waals surface area (Å²) in [5.41, 5.74) is 0.916. The summed E-state index contributed by atoms with van der Waals surface area (Å²) < 4.78 is 11.7. The number of morpholine rings is 1. The molecular formula is C26H26N4O6S. The van der Waals surface area contributed by atoms with Gasteiger partial charge in [-0.2, -0.15) is 0 Å². The van der Waals surface area contributed by atoms with Crippen LogP contribution in [0.5, 0.6) is 0 Å². The third kappa shape index (κ3) is 5.33. The van der Waals surface area contributed by atoms with Crippen LogP contribution in [0.15, 0.2) is 59.1 Å². The van der Waals surface area contributed by atoms with Gasteiger partial charge in [0.25, 0.3) is 0 Å². The van der Waals surface area contributed by atoms with Gasteiger partial charge in [0.15, 0.2) is 5.11 Å². The molecule has 192 valence electrons. The molecule has 5 rings (SSSR count). The van der Waals surface area contributed by atoms with Crippen molar-refractivity contribution in [1.29, 1.82) is 0 Å². The molecular weight excluding hydrogens is 496 g/mol. The van der Waals surface area contributed by atoms with Gasteiger partial charge in [-0.3, -0.25) is 9.88 Å². The fraction of sp³-hybridized carbons (Fsp3) is 0.308. The summed E-state index contributed by atoms with van der Waals surface area (Å²) in [4.78, 5) is 32.1. The largest absolute Gasteiger partial charge is 0.478 e.